The highest BCUT2D eigenvalue weighted by molar-refractivity contribution is 6.33. The van der Waals surface area contributed by atoms with Crippen LogP contribution < -0.4 is 16.0 Å². The molecule has 2 rings (SSSR count). The van der Waals surface area contributed by atoms with Crippen molar-refractivity contribution in [2.24, 2.45) is 5.73 Å². The minimum absolute atomic E-state index is 0.0541. The van der Waals surface area contributed by atoms with Crippen molar-refractivity contribution in [3.8, 4) is 0 Å². The Morgan fingerprint density at radius 1 is 1.20 bits per heavy atom. The van der Waals surface area contributed by atoms with Gasteiger partial charge in [-0.05, 0) is 12.1 Å². The fraction of sp³-hybridized carbons (Fsp3) is 0.385. The average Bonchev–Trinajstić information content (AvgIpc) is 2.45. The van der Waals surface area contributed by atoms with Crippen molar-refractivity contribution >= 4 is 29.2 Å². The van der Waals surface area contributed by atoms with Gasteiger partial charge in [-0.3, -0.25) is 4.79 Å². The molecule has 1 aliphatic heterocycles. The van der Waals surface area contributed by atoms with E-state index in [1.807, 2.05) is 24.3 Å². The number of amides is 3. The second kappa shape index (κ2) is 6.47. The van der Waals surface area contributed by atoms with Crippen LogP contribution >= 0.6 is 11.6 Å². The molecule has 1 aromatic carbocycles. The summed E-state index contributed by atoms with van der Waals surface area (Å²) in [6.07, 6.45) is 0. The summed E-state index contributed by atoms with van der Waals surface area (Å²) >= 11 is 6.16. The van der Waals surface area contributed by atoms with Crippen LogP contribution in [0.5, 0.6) is 0 Å². The molecule has 1 aromatic rings. The summed E-state index contributed by atoms with van der Waals surface area (Å²) in [6.45, 7) is 2.58. The zero-order valence-corrected chi connectivity index (χ0v) is 11.8. The minimum atomic E-state index is -0.687. The van der Waals surface area contributed by atoms with E-state index < -0.39 is 6.03 Å². The first kappa shape index (κ1) is 14.5. The van der Waals surface area contributed by atoms with Crippen LogP contribution in [0.1, 0.15) is 0 Å². The van der Waals surface area contributed by atoms with Crippen LogP contribution in [0.3, 0.4) is 0 Å². The first-order chi connectivity index (χ1) is 9.58. The van der Waals surface area contributed by atoms with E-state index >= 15 is 0 Å². The van der Waals surface area contributed by atoms with Gasteiger partial charge in [0.2, 0.25) is 5.91 Å². The summed E-state index contributed by atoms with van der Waals surface area (Å²) in [5, 5.41) is 3.02. The van der Waals surface area contributed by atoms with Crippen LogP contribution in [-0.2, 0) is 4.79 Å². The molecule has 0 saturated carbocycles. The molecule has 1 heterocycles. The van der Waals surface area contributed by atoms with Gasteiger partial charge >= 0.3 is 6.03 Å². The first-order valence-electron chi connectivity index (χ1n) is 6.38. The highest BCUT2D eigenvalue weighted by Crippen LogP contribution is 2.25. The molecule has 0 unspecified atom stereocenters. The zero-order valence-electron chi connectivity index (χ0n) is 11.0. The molecule has 108 valence electrons. The molecule has 0 spiro atoms. The number of benzene rings is 1. The summed E-state index contributed by atoms with van der Waals surface area (Å²) in [6, 6.07) is 6.96. The van der Waals surface area contributed by atoms with Gasteiger partial charge in [-0.1, -0.05) is 23.7 Å². The van der Waals surface area contributed by atoms with Crippen LogP contribution in [0, 0.1) is 0 Å². The molecule has 7 heteroatoms. The molecule has 3 amide bonds. The molecule has 1 aliphatic rings. The number of urea groups is 1. The maximum absolute atomic E-state index is 11.8. The number of nitrogens with two attached hydrogens (primary N) is 1. The number of primary amides is 1. The van der Waals surface area contributed by atoms with Crippen LogP contribution in [0.4, 0.5) is 10.5 Å². The van der Waals surface area contributed by atoms with Crippen molar-refractivity contribution in [2.45, 2.75) is 0 Å². The lowest BCUT2D eigenvalue weighted by atomic mass is 10.2. The van der Waals surface area contributed by atoms with Gasteiger partial charge < -0.3 is 20.9 Å². The molecular weight excluding hydrogens is 280 g/mol. The van der Waals surface area contributed by atoms with Gasteiger partial charge in [0.05, 0.1) is 17.3 Å². The Hall–Kier alpha value is -1.95. The Kier molecular flexibility index (Phi) is 4.68. The number of anilines is 1. The van der Waals surface area contributed by atoms with Crippen LogP contribution in [-0.4, -0.2) is 49.6 Å². The molecule has 0 radical (unpaired) electrons. The lowest BCUT2D eigenvalue weighted by molar-refractivity contribution is -0.130. The van der Waals surface area contributed by atoms with Crippen LogP contribution in [0.2, 0.25) is 5.02 Å². The van der Waals surface area contributed by atoms with E-state index in [4.69, 9.17) is 17.3 Å². The van der Waals surface area contributed by atoms with Crippen molar-refractivity contribution < 1.29 is 9.59 Å². The predicted molar refractivity (Wildman–Crippen MR) is 77.8 cm³/mol. The Morgan fingerprint density at radius 2 is 1.85 bits per heavy atom. The molecule has 0 atom stereocenters. The third-order valence-corrected chi connectivity index (χ3v) is 3.56. The number of rotatable bonds is 3. The number of carbonyl (C=O) groups is 2. The first-order valence-corrected chi connectivity index (χ1v) is 6.76. The van der Waals surface area contributed by atoms with E-state index in [2.05, 4.69) is 10.2 Å². The smallest absolute Gasteiger partial charge is 0.312 e. The topological polar surface area (TPSA) is 78.7 Å². The van der Waals surface area contributed by atoms with Gasteiger partial charge in [-0.2, -0.15) is 0 Å². The quantitative estimate of drug-likeness (QED) is 0.860. The molecule has 20 heavy (non-hydrogen) atoms. The number of halogens is 1. The second-order valence-corrected chi connectivity index (χ2v) is 4.94. The largest absolute Gasteiger partial charge is 0.367 e. The predicted octanol–water partition coefficient (Wildman–Crippen LogP) is 0.657. The normalized spacial score (nSPS) is 15.1. The lowest BCUT2D eigenvalue weighted by Gasteiger charge is -2.36. The molecular formula is C13H17ClN4O2. The molecule has 0 aliphatic carbocycles. The van der Waals surface area contributed by atoms with Gasteiger partial charge in [0, 0.05) is 26.2 Å². The number of piperazine rings is 1. The Labute approximate surface area is 122 Å². The zero-order chi connectivity index (χ0) is 14.5. The van der Waals surface area contributed by atoms with E-state index in [1.54, 1.807) is 4.90 Å². The molecule has 6 nitrogen and oxygen atoms in total. The standard InChI is InChI=1S/C13H17ClN4O2/c14-10-3-1-2-4-11(10)17-5-7-18(8-6-17)12(19)9-16-13(15)20/h1-4H,5-9H2,(H3,15,16,20). The number of hydrogen-bond acceptors (Lipinski definition) is 3. The van der Waals surface area contributed by atoms with E-state index in [1.165, 1.54) is 0 Å². The van der Waals surface area contributed by atoms with Crippen LogP contribution in [0.15, 0.2) is 24.3 Å². The van der Waals surface area contributed by atoms with Crippen molar-refractivity contribution in [3.05, 3.63) is 29.3 Å². The Balaban J connectivity index is 1.88. The molecule has 1 saturated heterocycles. The second-order valence-electron chi connectivity index (χ2n) is 4.54. The molecule has 0 bridgehead atoms. The average molecular weight is 297 g/mol. The van der Waals surface area contributed by atoms with E-state index in [-0.39, 0.29) is 12.5 Å². The minimum Gasteiger partial charge on any atom is -0.367 e. The number of nitrogens with zero attached hydrogens (tertiary/aromatic N) is 2. The molecule has 3 N–H and O–H groups in total. The highest BCUT2D eigenvalue weighted by atomic mass is 35.5. The number of carbonyl (C=O) groups excluding carboxylic acids is 2. The summed E-state index contributed by atoms with van der Waals surface area (Å²) in [5.41, 5.74) is 5.92. The van der Waals surface area contributed by atoms with Gasteiger partial charge in [0.15, 0.2) is 0 Å². The third kappa shape index (κ3) is 3.54. The summed E-state index contributed by atoms with van der Waals surface area (Å²) in [7, 11) is 0. The van der Waals surface area contributed by atoms with Gasteiger partial charge in [0.1, 0.15) is 0 Å². The monoisotopic (exact) mass is 296 g/mol. The fourth-order valence-corrected chi connectivity index (χ4v) is 2.43. The molecule has 0 aromatic heterocycles. The molecule has 1 fully saturated rings. The Morgan fingerprint density at radius 3 is 2.45 bits per heavy atom. The number of para-hydroxylation sites is 1. The fourth-order valence-electron chi connectivity index (χ4n) is 2.18. The van der Waals surface area contributed by atoms with Crippen molar-refractivity contribution in [2.75, 3.05) is 37.6 Å². The maximum atomic E-state index is 11.8. The maximum Gasteiger partial charge on any atom is 0.312 e. The van der Waals surface area contributed by atoms with Crippen molar-refractivity contribution in [1.29, 1.82) is 0 Å². The van der Waals surface area contributed by atoms with E-state index in [0.717, 1.165) is 5.69 Å². The van der Waals surface area contributed by atoms with Gasteiger partial charge in [-0.25, -0.2) is 4.79 Å². The summed E-state index contributed by atoms with van der Waals surface area (Å²) in [4.78, 5) is 26.3. The third-order valence-electron chi connectivity index (χ3n) is 3.24. The lowest BCUT2D eigenvalue weighted by Crippen LogP contribution is -2.51. The van der Waals surface area contributed by atoms with Gasteiger partial charge in [0.25, 0.3) is 0 Å². The Bertz CT molecular complexity index is 501. The highest BCUT2D eigenvalue weighted by Gasteiger charge is 2.22. The van der Waals surface area contributed by atoms with E-state index in [0.29, 0.717) is 31.2 Å². The summed E-state index contributed by atoms with van der Waals surface area (Å²) < 4.78 is 0. The summed E-state index contributed by atoms with van der Waals surface area (Å²) in [5.74, 6) is -0.123. The van der Waals surface area contributed by atoms with Crippen molar-refractivity contribution in [3.63, 3.8) is 0 Å². The number of hydrogen-bond donors (Lipinski definition) is 2. The van der Waals surface area contributed by atoms with Gasteiger partial charge in [-0.15, -0.1) is 0 Å². The van der Waals surface area contributed by atoms with Crippen molar-refractivity contribution in [1.82, 2.24) is 10.2 Å². The van der Waals surface area contributed by atoms with Crippen LogP contribution in [0.25, 0.3) is 0 Å². The number of nitrogens with one attached hydrogen (secondary N) is 1. The SMILES string of the molecule is NC(=O)NCC(=O)N1CCN(c2ccccc2Cl)CC1. The van der Waals surface area contributed by atoms with E-state index in [9.17, 15) is 9.59 Å².